The lowest BCUT2D eigenvalue weighted by Gasteiger charge is -2.33. The molecule has 0 fully saturated rings. The molecule has 11 heteroatoms. The minimum atomic E-state index is -0.470. The van der Waals surface area contributed by atoms with Gasteiger partial charge in [-0.1, -0.05) is 105 Å². The van der Waals surface area contributed by atoms with Crippen molar-refractivity contribution in [1.29, 1.82) is 0 Å². The average molecular weight is 667 g/mol. The van der Waals surface area contributed by atoms with E-state index in [4.69, 9.17) is 22.1 Å². The molecule has 1 aliphatic rings. The number of phenols is 3. The van der Waals surface area contributed by atoms with Gasteiger partial charge in [-0.15, -0.1) is 0 Å². The molecule has 0 heterocycles. The lowest BCUT2D eigenvalue weighted by Crippen LogP contribution is -2.26. The Morgan fingerprint density at radius 3 is 1.20 bits per heavy atom. The quantitative estimate of drug-likeness (QED) is 0.0547. The molecule has 0 amide bonds. The zero-order valence-electron chi connectivity index (χ0n) is 27.5. The van der Waals surface area contributed by atoms with Crippen LogP contribution in [0.25, 0.3) is 38.0 Å². The van der Waals surface area contributed by atoms with Crippen molar-refractivity contribution in [3.8, 4) is 17.2 Å². The van der Waals surface area contributed by atoms with Crippen LogP contribution in [0.3, 0.4) is 0 Å². The zero-order valence-corrected chi connectivity index (χ0v) is 27.5. The number of allylic oxidation sites excluding steroid dienone is 1. The molecule has 3 N–H and O–H groups in total. The summed E-state index contributed by atoms with van der Waals surface area (Å²) in [6, 6.07) is 37.6. The van der Waals surface area contributed by atoms with Gasteiger partial charge in [0.1, 0.15) is 17.2 Å². The summed E-state index contributed by atoms with van der Waals surface area (Å²) in [5.41, 5.74) is 33.1. The molecule has 0 radical (unpaired) electrons. The van der Waals surface area contributed by atoms with Gasteiger partial charge in [-0.3, -0.25) is 19.4 Å². The monoisotopic (exact) mass is 666 g/mol. The van der Waals surface area contributed by atoms with E-state index in [-0.39, 0.29) is 22.7 Å². The first-order chi connectivity index (χ1) is 23.8. The van der Waals surface area contributed by atoms with Crippen molar-refractivity contribution in [3.63, 3.8) is 0 Å². The number of nitrogens with zero attached hydrogens (tertiary/aromatic N) is 6. The minimum absolute atomic E-state index is 0.223. The predicted octanol–water partition coefficient (Wildman–Crippen LogP) is 9.68. The number of aromatic hydroxyl groups is 3. The van der Waals surface area contributed by atoms with Crippen LogP contribution < -0.4 is 0 Å². The highest BCUT2D eigenvalue weighted by molar-refractivity contribution is 6.49. The molecular formula is C39H34N6O5-2. The van der Waals surface area contributed by atoms with Crippen LogP contribution in [0.5, 0.6) is 17.2 Å². The molecule has 1 aliphatic carbocycles. The second kappa shape index (κ2) is 16.9. The molecule has 0 unspecified atom stereocenters. The fourth-order valence-electron chi connectivity index (χ4n) is 5.58. The van der Waals surface area contributed by atoms with Gasteiger partial charge in [-0.2, -0.15) is 0 Å². The number of phenolic OH excluding ortho intramolecular Hbond substituents is 3. The van der Waals surface area contributed by atoms with Crippen LogP contribution in [0, 0.1) is 0 Å². The first kappa shape index (κ1) is 37.7. The Morgan fingerprint density at radius 2 is 0.800 bits per heavy atom. The first-order valence-electron chi connectivity index (χ1n) is 15.2. The van der Waals surface area contributed by atoms with E-state index in [1.54, 1.807) is 54.6 Å². The van der Waals surface area contributed by atoms with E-state index < -0.39 is 17.0 Å². The Labute approximate surface area is 289 Å². The summed E-state index contributed by atoms with van der Waals surface area (Å²) >= 11 is 0. The van der Waals surface area contributed by atoms with Gasteiger partial charge >= 0.3 is 0 Å². The molecule has 5 aromatic rings. The maximum atomic E-state index is 11.2. The van der Waals surface area contributed by atoms with Crippen molar-refractivity contribution in [2.24, 2.45) is 0 Å². The van der Waals surface area contributed by atoms with E-state index in [1.165, 1.54) is 21.5 Å². The first-order valence-corrected chi connectivity index (χ1v) is 15.2. The van der Waals surface area contributed by atoms with Crippen molar-refractivity contribution in [2.45, 2.75) is 31.6 Å². The van der Waals surface area contributed by atoms with E-state index in [0.717, 1.165) is 27.8 Å². The van der Waals surface area contributed by atoms with Crippen molar-refractivity contribution in [3.05, 3.63) is 198 Å². The molecule has 0 saturated heterocycles. The Morgan fingerprint density at radius 1 is 0.480 bits per heavy atom. The zero-order chi connectivity index (χ0) is 36.9. The summed E-state index contributed by atoms with van der Waals surface area (Å²) in [5.74, 6) is -0.124. The molecule has 0 bridgehead atoms. The molecule has 0 spiro atoms. The van der Waals surface area contributed by atoms with Crippen molar-refractivity contribution < 1.29 is 24.9 Å². The van der Waals surface area contributed by atoms with Crippen molar-refractivity contribution in [1.82, 2.24) is 0 Å². The van der Waals surface area contributed by atoms with Crippen LogP contribution in [0.1, 0.15) is 64.5 Å². The van der Waals surface area contributed by atoms with Gasteiger partial charge in [-0.05, 0) is 82.8 Å². The average Bonchev–Trinajstić information content (AvgIpc) is 3.11. The van der Waals surface area contributed by atoms with Gasteiger partial charge in [0, 0.05) is 16.4 Å². The highest BCUT2D eigenvalue weighted by Crippen LogP contribution is 2.41. The second-order valence-corrected chi connectivity index (χ2v) is 11.8. The number of hydrogen-bond donors (Lipinski definition) is 3. The normalized spacial score (nSPS) is 11.5. The number of hydrogen-bond acceptors (Lipinski definition) is 5. The number of carbonyl (C=O) groups is 2. The Bertz CT molecular complexity index is 1970. The van der Waals surface area contributed by atoms with Crippen LogP contribution in [0.15, 0.2) is 127 Å². The summed E-state index contributed by atoms with van der Waals surface area (Å²) < 4.78 is 0. The van der Waals surface area contributed by atoms with Crippen molar-refractivity contribution in [2.75, 3.05) is 0 Å². The smallest absolute Gasteiger partial charge is 0.233 e. The van der Waals surface area contributed by atoms with Crippen molar-refractivity contribution >= 4 is 17.6 Å². The fraction of sp³-hybridized carbons (Fsp3) is 0.128. The molecule has 50 heavy (non-hydrogen) atoms. The third kappa shape index (κ3) is 8.76. The number of carbonyl (C=O) groups excluding carboxylic acids is 2. The molecule has 0 aliphatic heterocycles. The highest BCUT2D eigenvalue weighted by Gasteiger charge is 2.32. The maximum absolute atomic E-state index is 11.2. The van der Waals surface area contributed by atoms with Crippen LogP contribution in [-0.4, -0.2) is 26.9 Å². The van der Waals surface area contributed by atoms with Gasteiger partial charge < -0.3 is 37.4 Å². The molecule has 0 aromatic heterocycles. The standard InChI is InChI=1S/C29H28O3.C10H6O2.2N3/c1-28(2,21-8-14-25(30)15-9-21)20-4-6-22(7-5-20)29(3,23-10-16-26(31)17-11-23)24-12-18-27(32)19-13-24;11-9-6-5-7-3-1-2-4-8(7)10(9)12;2*1-3-2/h4-19,30-32H,1-3H3;1-6H;;/q;;2*-1. The summed E-state index contributed by atoms with van der Waals surface area (Å²) in [6.45, 7) is 6.51. The Balaban J connectivity index is 0.000000308. The Kier molecular flexibility index (Phi) is 12.7. The van der Waals surface area contributed by atoms with Gasteiger partial charge in [0.25, 0.3) is 0 Å². The SMILES string of the molecule is CC(C)(c1ccc(O)cc1)c1ccc(C(C)(c2ccc(O)cc2)c2ccc(O)cc2)cc1.O=C1C=Cc2ccccc2C1=O.[N-]=[N+]=[N-].[N-]=[N+]=[N-]. The number of benzene rings is 5. The molecule has 11 nitrogen and oxygen atoms in total. The second-order valence-electron chi connectivity index (χ2n) is 11.8. The van der Waals surface area contributed by atoms with E-state index >= 15 is 0 Å². The molecule has 0 saturated carbocycles. The topological polar surface area (TPSA) is 212 Å². The highest BCUT2D eigenvalue weighted by atomic mass is 16.3. The molecule has 252 valence electrons. The van der Waals surface area contributed by atoms with E-state index in [1.807, 2.05) is 48.5 Å². The third-order valence-corrected chi connectivity index (χ3v) is 8.51. The minimum Gasteiger partial charge on any atom is -0.508 e. The fourth-order valence-corrected chi connectivity index (χ4v) is 5.58. The predicted molar refractivity (Wildman–Crippen MR) is 193 cm³/mol. The summed E-state index contributed by atoms with van der Waals surface area (Å²) in [4.78, 5) is 25.1. The van der Waals surface area contributed by atoms with Crippen LogP contribution in [0.2, 0.25) is 0 Å². The lowest BCUT2D eigenvalue weighted by atomic mass is 9.70. The number of Topliss-reactive ketones (excluding diaryl/α,β-unsaturated/α-hetero) is 1. The number of rotatable bonds is 5. The largest absolute Gasteiger partial charge is 0.508 e. The number of ketones is 2. The van der Waals surface area contributed by atoms with Crippen LogP contribution in [-0.2, 0) is 15.6 Å². The Hall–Kier alpha value is -6.80. The van der Waals surface area contributed by atoms with Crippen LogP contribution >= 0.6 is 0 Å². The van der Waals surface area contributed by atoms with Gasteiger partial charge in [0.2, 0.25) is 11.6 Å². The summed E-state index contributed by atoms with van der Waals surface area (Å²) in [7, 11) is 0. The third-order valence-electron chi connectivity index (χ3n) is 8.51. The van der Waals surface area contributed by atoms with Gasteiger partial charge in [-0.25, -0.2) is 0 Å². The maximum Gasteiger partial charge on any atom is 0.233 e. The molecule has 6 rings (SSSR count). The summed E-state index contributed by atoms with van der Waals surface area (Å²) in [5, 5.41) is 29.2. The van der Waals surface area contributed by atoms with E-state index in [0.29, 0.717) is 5.56 Å². The van der Waals surface area contributed by atoms with Crippen LogP contribution in [0.4, 0.5) is 0 Å². The number of fused-ring (bicyclic) bond motifs is 1. The van der Waals surface area contributed by atoms with Gasteiger partial charge in [0.05, 0.1) is 0 Å². The summed E-state index contributed by atoms with van der Waals surface area (Å²) in [6.07, 6.45) is 2.98. The van der Waals surface area contributed by atoms with Gasteiger partial charge in [0.15, 0.2) is 0 Å². The molecule has 5 aromatic carbocycles. The van der Waals surface area contributed by atoms with E-state index in [2.05, 4.69) is 45.0 Å². The molecular weight excluding hydrogens is 632 g/mol. The van der Waals surface area contributed by atoms with E-state index in [9.17, 15) is 24.9 Å². The lowest BCUT2D eigenvalue weighted by molar-refractivity contribution is -0.110. The molecule has 0 atom stereocenters.